The van der Waals surface area contributed by atoms with Gasteiger partial charge in [0.25, 0.3) is 0 Å². The third-order valence-electron chi connectivity index (χ3n) is 5.09. The van der Waals surface area contributed by atoms with E-state index in [1.807, 2.05) is 0 Å². The van der Waals surface area contributed by atoms with Crippen LogP contribution < -0.4 is 0 Å². The lowest BCUT2D eigenvalue weighted by Crippen LogP contribution is -1.96. The van der Waals surface area contributed by atoms with Gasteiger partial charge in [-0.05, 0) is 44.0 Å². The summed E-state index contributed by atoms with van der Waals surface area (Å²) in [5.74, 6) is 0. The van der Waals surface area contributed by atoms with Gasteiger partial charge in [0.15, 0.2) is 0 Å². The van der Waals surface area contributed by atoms with Gasteiger partial charge in [-0.3, -0.25) is 0 Å². The fourth-order valence-electron chi connectivity index (χ4n) is 3.54. The van der Waals surface area contributed by atoms with Crippen molar-refractivity contribution in [3.63, 3.8) is 0 Å². The fraction of sp³-hybridized carbons (Fsp3) is 0.190. The van der Waals surface area contributed by atoms with Crippen molar-refractivity contribution in [2.75, 3.05) is 0 Å². The molecule has 0 aliphatic rings. The second-order valence-corrected chi connectivity index (χ2v) is 6.26. The highest BCUT2D eigenvalue weighted by atomic mass is 14.9. The number of pyridine rings is 1. The predicted octanol–water partition coefficient (Wildman–Crippen LogP) is 5.32. The molecule has 4 rings (SSSR count). The van der Waals surface area contributed by atoms with Gasteiger partial charge in [-0.15, -0.1) is 0 Å². The van der Waals surface area contributed by atoms with E-state index in [9.17, 15) is 0 Å². The first-order chi connectivity index (χ1) is 11.1. The van der Waals surface area contributed by atoms with Crippen molar-refractivity contribution < 1.29 is 0 Å². The molecule has 0 aliphatic carbocycles. The summed E-state index contributed by atoms with van der Waals surface area (Å²) in [6, 6.07) is 17.0. The molecular weight excluding hydrogens is 280 g/mol. The van der Waals surface area contributed by atoms with Crippen molar-refractivity contribution in [1.82, 2.24) is 9.55 Å². The predicted molar refractivity (Wildman–Crippen MR) is 97.9 cm³/mol. The first-order valence-corrected chi connectivity index (χ1v) is 8.00. The van der Waals surface area contributed by atoms with Crippen LogP contribution in [0.4, 0.5) is 0 Å². The normalized spacial score (nSPS) is 11.5. The first-order valence-electron chi connectivity index (χ1n) is 8.00. The number of nitrogens with zero attached hydrogens (tertiary/aromatic N) is 2. The Morgan fingerprint density at radius 1 is 0.783 bits per heavy atom. The highest BCUT2D eigenvalue weighted by Gasteiger charge is 2.18. The van der Waals surface area contributed by atoms with Gasteiger partial charge in [-0.2, -0.15) is 0 Å². The molecule has 2 nitrogen and oxygen atoms in total. The molecule has 0 aliphatic heterocycles. The number of aromatic nitrogens is 2. The largest absolute Gasteiger partial charge is 0.347 e. The molecule has 0 unspecified atom stereocenters. The molecule has 0 saturated carbocycles. The lowest BCUT2D eigenvalue weighted by Gasteiger charge is -2.12. The highest BCUT2D eigenvalue weighted by Crippen LogP contribution is 2.37. The second kappa shape index (κ2) is 4.95. The van der Waals surface area contributed by atoms with Crippen LogP contribution in [0.1, 0.15) is 16.8 Å². The van der Waals surface area contributed by atoms with Gasteiger partial charge >= 0.3 is 0 Å². The summed E-state index contributed by atoms with van der Waals surface area (Å²) >= 11 is 0. The molecule has 0 spiro atoms. The molecule has 4 aromatic rings. The molecule has 0 fully saturated rings. The number of hydrogen-bond acceptors (Lipinski definition) is 1. The lowest BCUT2D eigenvalue weighted by molar-refractivity contribution is 0.918. The number of para-hydroxylation sites is 2. The Hall–Kier alpha value is -2.61. The molecule has 0 N–H and O–H groups in total. The SMILES string of the molecule is Cc1c(-c2c(C)n(C)c3ccccc23)nc2ccccc2c1C. The Balaban J connectivity index is 2.15. The minimum absolute atomic E-state index is 1.07. The molecule has 114 valence electrons. The molecular formula is C21H20N2. The quantitative estimate of drug-likeness (QED) is 0.465. The van der Waals surface area contributed by atoms with Gasteiger partial charge in [-0.25, -0.2) is 4.98 Å². The van der Waals surface area contributed by atoms with Crippen LogP contribution in [0, 0.1) is 20.8 Å². The van der Waals surface area contributed by atoms with Gasteiger partial charge < -0.3 is 4.57 Å². The summed E-state index contributed by atoms with van der Waals surface area (Å²) in [6.07, 6.45) is 0. The molecule has 0 saturated heterocycles. The Bertz CT molecular complexity index is 1050. The maximum absolute atomic E-state index is 5.02. The van der Waals surface area contributed by atoms with E-state index in [4.69, 9.17) is 4.98 Å². The van der Waals surface area contributed by atoms with Crippen molar-refractivity contribution in [2.45, 2.75) is 20.8 Å². The molecule has 2 aromatic heterocycles. The van der Waals surface area contributed by atoms with Gasteiger partial charge in [0.1, 0.15) is 0 Å². The van der Waals surface area contributed by atoms with Crippen LogP contribution in [0.15, 0.2) is 48.5 Å². The molecule has 0 bridgehead atoms. The highest BCUT2D eigenvalue weighted by molar-refractivity contribution is 5.99. The summed E-state index contributed by atoms with van der Waals surface area (Å²) < 4.78 is 2.26. The van der Waals surface area contributed by atoms with E-state index < -0.39 is 0 Å². The third-order valence-corrected chi connectivity index (χ3v) is 5.09. The van der Waals surface area contributed by atoms with E-state index in [1.165, 1.54) is 38.7 Å². The zero-order chi connectivity index (χ0) is 16.1. The van der Waals surface area contributed by atoms with Crippen LogP contribution in [0.2, 0.25) is 0 Å². The van der Waals surface area contributed by atoms with Crippen LogP contribution in [-0.4, -0.2) is 9.55 Å². The van der Waals surface area contributed by atoms with Crippen LogP contribution >= 0.6 is 0 Å². The molecule has 0 atom stereocenters. The van der Waals surface area contributed by atoms with E-state index in [-0.39, 0.29) is 0 Å². The minimum atomic E-state index is 1.07. The summed E-state index contributed by atoms with van der Waals surface area (Å²) in [6.45, 7) is 6.57. The van der Waals surface area contributed by atoms with Gasteiger partial charge in [0, 0.05) is 34.6 Å². The smallest absolute Gasteiger partial charge is 0.0765 e. The number of benzene rings is 2. The monoisotopic (exact) mass is 300 g/mol. The van der Waals surface area contributed by atoms with E-state index in [1.54, 1.807) is 0 Å². The summed E-state index contributed by atoms with van der Waals surface area (Å²) in [4.78, 5) is 5.02. The Labute approximate surface area is 136 Å². The van der Waals surface area contributed by atoms with Gasteiger partial charge in [0.2, 0.25) is 0 Å². The van der Waals surface area contributed by atoms with Crippen LogP contribution in [0.25, 0.3) is 33.1 Å². The van der Waals surface area contributed by atoms with E-state index in [0.29, 0.717) is 0 Å². The van der Waals surface area contributed by atoms with Crippen molar-refractivity contribution in [3.05, 3.63) is 65.4 Å². The van der Waals surface area contributed by atoms with Crippen molar-refractivity contribution in [3.8, 4) is 11.3 Å². The third kappa shape index (κ3) is 1.91. The van der Waals surface area contributed by atoms with Crippen molar-refractivity contribution in [2.24, 2.45) is 7.05 Å². The lowest BCUT2D eigenvalue weighted by atomic mass is 9.97. The molecule has 23 heavy (non-hydrogen) atoms. The van der Waals surface area contributed by atoms with Gasteiger partial charge in [0.05, 0.1) is 11.2 Å². The van der Waals surface area contributed by atoms with Crippen LogP contribution in [0.5, 0.6) is 0 Å². The molecule has 2 aromatic carbocycles. The van der Waals surface area contributed by atoms with Gasteiger partial charge in [-0.1, -0.05) is 36.4 Å². The maximum atomic E-state index is 5.02. The summed E-state index contributed by atoms with van der Waals surface area (Å²) in [5, 5.41) is 2.52. The van der Waals surface area contributed by atoms with E-state index in [2.05, 4.69) is 80.9 Å². The van der Waals surface area contributed by atoms with E-state index >= 15 is 0 Å². The van der Waals surface area contributed by atoms with Crippen molar-refractivity contribution in [1.29, 1.82) is 0 Å². The van der Waals surface area contributed by atoms with Crippen molar-refractivity contribution >= 4 is 21.8 Å². The Morgan fingerprint density at radius 3 is 2.22 bits per heavy atom. The zero-order valence-corrected chi connectivity index (χ0v) is 14.0. The number of fused-ring (bicyclic) bond motifs is 2. The maximum Gasteiger partial charge on any atom is 0.0765 e. The molecule has 2 heteroatoms. The topological polar surface area (TPSA) is 17.8 Å². The first kappa shape index (κ1) is 14.0. The molecule has 2 heterocycles. The standard InChI is InChI=1S/C21H20N2/c1-13-14(2)21(22-18-11-7-5-9-16(13)18)20-15(3)23(4)19-12-8-6-10-17(19)20/h5-12H,1-4H3. The zero-order valence-electron chi connectivity index (χ0n) is 14.0. The fourth-order valence-corrected chi connectivity index (χ4v) is 3.54. The summed E-state index contributed by atoms with van der Waals surface area (Å²) in [7, 11) is 2.13. The number of rotatable bonds is 1. The average molecular weight is 300 g/mol. The summed E-state index contributed by atoms with van der Waals surface area (Å²) in [5.41, 5.74) is 8.53. The number of aryl methyl sites for hydroxylation is 2. The van der Waals surface area contributed by atoms with E-state index in [0.717, 1.165) is 11.2 Å². The second-order valence-electron chi connectivity index (χ2n) is 6.26. The van der Waals surface area contributed by atoms with Crippen LogP contribution in [0.3, 0.4) is 0 Å². The Kier molecular flexibility index (Phi) is 3.02. The molecule has 0 amide bonds. The molecule has 0 radical (unpaired) electrons. The van der Waals surface area contributed by atoms with Crippen LogP contribution in [-0.2, 0) is 7.05 Å². The Morgan fingerprint density at radius 2 is 1.43 bits per heavy atom. The average Bonchev–Trinajstić information content (AvgIpc) is 2.83. The number of hydrogen-bond donors (Lipinski definition) is 0. The minimum Gasteiger partial charge on any atom is -0.347 e.